The van der Waals surface area contributed by atoms with Crippen molar-refractivity contribution >= 4 is 26.8 Å². The highest BCUT2D eigenvalue weighted by atomic mass is 32.2. The Hall–Kier alpha value is -2.68. The highest BCUT2D eigenvalue weighted by Gasteiger charge is 2.26. The molecule has 0 aliphatic carbocycles. The Morgan fingerprint density at radius 2 is 1.75 bits per heavy atom. The van der Waals surface area contributed by atoms with Gasteiger partial charge in [0.25, 0.3) is 15.9 Å². The molecule has 8 heteroatoms. The van der Waals surface area contributed by atoms with E-state index in [4.69, 9.17) is 5.73 Å². The molecule has 2 heterocycles. The molecule has 1 amide bonds. The average molecular weight is 398 g/mol. The number of carbonyl (C=O) groups excluding carboxylic acids is 1. The van der Waals surface area contributed by atoms with Gasteiger partial charge in [-0.05, 0) is 29.8 Å². The Labute approximate surface area is 163 Å². The molecule has 3 N–H and O–H groups in total. The summed E-state index contributed by atoms with van der Waals surface area (Å²) >= 11 is 0. The molecular weight excluding hydrogens is 376 g/mol. The van der Waals surface area contributed by atoms with Gasteiger partial charge >= 0.3 is 0 Å². The summed E-state index contributed by atoms with van der Waals surface area (Å²) in [5.41, 5.74) is 6.95. The molecule has 0 radical (unpaired) electrons. The number of hydrogen-bond acceptors (Lipinski definition) is 5. The molecule has 146 valence electrons. The lowest BCUT2D eigenvalue weighted by Gasteiger charge is -2.27. The maximum atomic E-state index is 13.3. The second kappa shape index (κ2) is 7.38. The number of hydrogen-bond donors (Lipinski definition) is 2. The first-order valence-electron chi connectivity index (χ1n) is 9.15. The normalized spacial score (nSPS) is 15.7. The van der Waals surface area contributed by atoms with Crippen LogP contribution in [0.4, 0.5) is 0 Å². The van der Waals surface area contributed by atoms with E-state index in [0.29, 0.717) is 12.1 Å². The molecule has 7 nitrogen and oxygen atoms in total. The summed E-state index contributed by atoms with van der Waals surface area (Å²) in [6.45, 7) is 4.37. The fourth-order valence-electron chi connectivity index (χ4n) is 3.64. The van der Waals surface area contributed by atoms with E-state index >= 15 is 0 Å². The minimum atomic E-state index is -3.96. The van der Waals surface area contributed by atoms with Crippen LogP contribution in [0, 0.1) is 0 Å². The van der Waals surface area contributed by atoms with Gasteiger partial charge in [0, 0.05) is 38.1 Å². The highest BCUT2D eigenvalue weighted by Crippen LogP contribution is 2.28. The number of nitrogens with one attached hydrogen (secondary N) is 1. The second-order valence-corrected chi connectivity index (χ2v) is 8.64. The Kier molecular flexibility index (Phi) is 4.92. The number of nitrogens with two attached hydrogens (primary N) is 1. The summed E-state index contributed by atoms with van der Waals surface area (Å²) in [6.07, 6.45) is 0. The Morgan fingerprint density at radius 3 is 2.43 bits per heavy atom. The van der Waals surface area contributed by atoms with Crippen molar-refractivity contribution in [2.75, 3.05) is 26.2 Å². The SMILES string of the molecule is NC(=O)c1cc2c(CN3CCNCC3)cccc2n1S(=O)(=O)c1ccccc1. The topological polar surface area (TPSA) is 97.4 Å². The number of piperazine rings is 1. The Balaban J connectivity index is 1.88. The summed E-state index contributed by atoms with van der Waals surface area (Å²) < 4.78 is 27.6. The van der Waals surface area contributed by atoms with Crippen LogP contribution in [0.15, 0.2) is 59.5 Å². The van der Waals surface area contributed by atoms with Gasteiger partial charge in [0.15, 0.2) is 0 Å². The van der Waals surface area contributed by atoms with Crippen molar-refractivity contribution < 1.29 is 13.2 Å². The minimum absolute atomic E-state index is 0.0355. The molecule has 0 atom stereocenters. The number of rotatable bonds is 5. The maximum absolute atomic E-state index is 13.3. The van der Waals surface area contributed by atoms with E-state index in [-0.39, 0.29) is 10.6 Å². The van der Waals surface area contributed by atoms with Gasteiger partial charge < -0.3 is 11.1 Å². The number of nitrogens with zero attached hydrogens (tertiary/aromatic N) is 2. The molecular formula is C20H22N4O3S. The molecule has 1 saturated heterocycles. The van der Waals surface area contributed by atoms with E-state index in [0.717, 1.165) is 41.1 Å². The van der Waals surface area contributed by atoms with Crippen LogP contribution in [0.2, 0.25) is 0 Å². The van der Waals surface area contributed by atoms with E-state index in [2.05, 4.69) is 10.2 Å². The van der Waals surface area contributed by atoms with Crippen molar-refractivity contribution in [3.8, 4) is 0 Å². The fraction of sp³-hybridized carbons (Fsp3) is 0.250. The number of primary amides is 1. The van der Waals surface area contributed by atoms with Crippen molar-refractivity contribution in [1.29, 1.82) is 0 Å². The zero-order chi connectivity index (χ0) is 19.7. The van der Waals surface area contributed by atoms with Crippen molar-refractivity contribution in [3.05, 3.63) is 65.9 Å². The van der Waals surface area contributed by atoms with Gasteiger partial charge in [0.2, 0.25) is 0 Å². The zero-order valence-electron chi connectivity index (χ0n) is 15.3. The van der Waals surface area contributed by atoms with Crippen LogP contribution < -0.4 is 11.1 Å². The molecule has 1 fully saturated rings. The molecule has 2 aromatic carbocycles. The second-order valence-electron chi connectivity index (χ2n) is 6.85. The molecule has 1 aromatic heterocycles. The Bertz CT molecular complexity index is 1120. The summed E-state index contributed by atoms with van der Waals surface area (Å²) in [6, 6.07) is 15.2. The van der Waals surface area contributed by atoms with E-state index in [1.54, 1.807) is 30.3 Å². The Morgan fingerprint density at radius 1 is 1.04 bits per heavy atom. The molecule has 1 aliphatic rings. The number of aromatic nitrogens is 1. The van der Waals surface area contributed by atoms with E-state index < -0.39 is 15.9 Å². The lowest BCUT2D eigenvalue weighted by Crippen LogP contribution is -2.42. The van der Waals surface area contributed by atoms with Crippen LogP contribution in [-0.2, 0) is 16.6 Å². The molecule has 0 saturated carbocycles. The monoisotopic (exact) mass is 398 g/mol. The predicted molar refractivity (Wildman–Crippen MR) is 108 cm³/mol. The third kappa shape index (κ3) is 3.30. The van der Waals surface area contributed by atoms with Crippen LogP contribution >= 0.6 is 0 Å². The van der Waals surface area contributed by atoms with Gasteiger partial charge in [-0.25, -0.2) is 12.4 Å². The average Bonchev–Trinajstić information content (AvgIpc) is 3.11. The molecule has 28 heavy (non-hydrogen) atoms. The van der Waals surface area contributed by atoms with Gasteiger partial charge in [0.1, 0.15) is 5.69 Å². The molecule has 0 unspecified atom stereocenters. The summed E-state index contributed by atoms with van der Waals surface area (Å²) in [5, 5.41) is 4.05. The van der Waals surface area contributed by atoms with Crippen LogP contribution in [0.25, 0.3) is 10.9 Å². The van der Waals surface area contributed by atoms with Gasteiger partial charge in [-0.3, -0.25) is 9.69 Å². The van der Waals surface area contributed by atoms with Crippen molar-refractivity contribution in [1.82, 2.24) is 14.2 Å². The van der Waals surface area contributed by atoms with Gasteiger partial charge in [-0.1, -0.05) is 30.3 Å². The molecule has 4 rings (SSSR count). The smallest absolute Gasteiger partial charge is 0.268 e. The first kappa shape index (κ1) is 18.7. The summed E-state index contributed by atoms with van der Waals surface area (Å²) in [4.78, 5) is 14.5. The minimum Gasteiger partial charge on any atom is -0.364 e. The molecule has 0 bridgehead atoms. The summed E-state index contributed by atoms with van der Waals surface area (Å²) in [5.74, 6) is -0.774. The van der Waals surface area contributed by atoms with Crippen LogP contribution in [0.1, 0.15) is 16.1 Å². The van der Waals surface area contributed by atoms with Gasteiger partial charge in [-0.2, -0.15) is 0 Å². The standard InChI is InChI=1S/C20H22N4O3S/c21-20(25)19-13-17-15(14-23-11-9-22-10-12-23)5-4-8-18(17)24(19)28(26,27)16-6-2-1-3-7-16/h1-8,13,22H,9-12,14H2,(H2,21,25). The largest absolute Gasteiger partial charge is 0.364 e. The molecule has 3 aromatic rings. The number of fused-ring (bicyclic) bond motifs is 1. The predicted octanol–water partition coefficient (Wildman–Crippen LogP) is 1.38. The number of benzene rings is 2. The van der Waals surface area contributed by atoms with Crippen LogP contribution in [0.3, 0.4) is 0 Å². The van der Waals surface area contributed by atoms with Crippen molar-refractivity contribution in [2.45, 2.75) is 11.4 Å². The third-order valence-corrected chi connectivity index (χ3v) is 6.77. The van der Waals surface area contributed by atoms with Gasteiger partial charge in [-0.15, -0.1) is 0 Å². The van der Waals surface area contributed by atoms with Gasteiger partial charge in [0.05, 0.1) is 10.4 Å². The van der Waals surface area contributed by atoms with E-state index in [1.165, 1.54) is 12.1 Å². The molecule has 1 aliphatic heterocycles. The quantitative estimate of drug-likeness (QED) is 0.677. The van der Waals surface area contributed by atoms with E-state index in [1.807, 2.05) is 12.1 Å². The number of amides is 1. The fourth-order valence-corrected chi connectivity index (χ4v) is 5.18. The maximum Gasteiger partial charge on any atom is 0.268 e. The van der Waals surface area contributed by atoms with Crippen LogP contribution in [-0.4, -0.2) is 49.4 Å². The third-order valence-electron chi connectivity index (χ3n) is 5.03. The lowest BCUT2D eigenvalue weighted by atomic mass is 10.1. The lowest BCUT2D eigenvalue weighted by molar-refractivity contribution is 0.0995. The van der Waals surface area contributed by atoms with Crippen molar-refractivity contribution in [2.24, 2.45) is 5.73 Å². The molecule has 0 spiro atoms. The number of carbonyl (C=O) groups is 1. The first-order chi connectivity index (χ1) is 13.5. The zero-order valence-corrected chi connectivity index (χ0v) is 16.2. The van der Waals surface area contributed by atoms with Crippen molar-refractivity contribution in [3.63, 3.8) is 0 Å². The van der Waals surface area contributed by atoms with E-state index in [9.17, 15) is 13.2 Å². The first-order valence-corrected chi connectivity index (χ1v) is 10.6. The summed E-state index contributed by atoms with van der Waals surface area (Å²) in [7, 11) is -3.96. The van der Waals surface area contributed by atoms with Crippen LogP contribution in [0.5, 0.6) is 0 Å². The highest BCUT2D eigenvalue weighted by molar-refractivity contribution is 7.90.